The average molecular weight is 254 g/mol. The molecule has 0 saturated heterocycles. The lowest BCUT2D eigenvalue weighted by Crippen LogP contribution is -1.98. The number of thiophene rings is 1. The normalized spacial score (nSPS) is 13.1. The van der Waals surface area contributed by atoms with Crippen molar-refractivity contribution in [2.24, 2.45) is 0 Å². The Hall–Kier alpha value is -1.79. The standard InChI is InChI=1S/C15H14N2S/c16-8-11-6-15(18-10-11)9-17-14-5-4-12-2-1-3-13(12)7-14/h4-7,10,17H,1-3,9H2. The molecule has 0 atom stereocenters. The van der Waals surface area contributed by atoms with Gasteiger partial charge in [0.15, 0.2) is 0 Å². The summed E-state index contributed by atoms with van der Waals surface area (Å²) < 4.78 is 0. The van der Waals surface area contributed by atoms with Crippen LogP contribution in [-0.2, 0) is 19.4 Å². The van der Waals surface area contributed by atoms with Gasteiger partial charge in [-0.1, -0.05) is 6.07 Å². The Morgan fingerprint density at radius 2 is 2.11 bits per heavy atom. The molecule has 2 nitrogen and oxygen atoms in total. The number of nitriles is 1. The van der Waals surface area contributed by atoms with Gasteiger partial charge in [-0.2, -0.15) is 5.26 Å². The maximum Gasteiger partial charge on any atom is 0.100 e. The number of aryl methyl sites for hydroxylation is 2. The molecule has 1 N–H and O–H groups in total. The summed E-state index contributed by atoms with van der Waals surface area (Å²) >= 11 is 1.63. The van der Waals surface area contributed by atoms with Crippen molar-refractivity contribution in [3.63, 3.8) is 0 Å². The van der Waals surface area contributed by atoms with E-state index >= 15 is 0 Å². The van der Waals surface area contributed by atoms with E-state index in [0.29, 0.717) is 0 Å². The smallest absolute Gasteiger partial charge is 0.100 e. The maximum atomic E-state index is 8.78. The first-order valence-corrected chi connectivity index (χ1v) is 7.06. The van der Waals surface area contributed by atoms with Gasteiger partial charge in [-0.15, -0.1) is 11.3 Å². The molecule has 0 aliphatic heterocycles. The van der Waals surface area contributed by atoms with Gasteiger partial charge >= 0.3 is 0 Å². The van der Waals surface area contributed by atoms with Crippen molar-refractivity contribution in [2.45, 2.75) is 25.8 Å². The van der Waals surface area contributed by atoms with Crippen LogP contribution >= 0.6 is 11.3 Å². The lowest BCUT2D eigenvalue weighted by molar-refractivity contribution is 0.912. The summed E-state index contributed by atoms with van der Waals surface area (Å²) in [4.78, 5) is 1.20. The molecule has 90 valence electrons. The van der Waals surface area contributed by atoms with E-state index in [0.717, 1.165) is 12.1 Å². The van der Waals surface area contributed by atoms with Gasteiger partial charge in [0.25, 0.3) is 0 Å². The molecule has 1 heterocycles. The Labute approximate surface area is 111 Å². The van der Waals surface area contributed by atoms with Crippen molar-refractivity contribution < 1.29 is 0 Å². The van der Waals surface area contributed by atoms with E-state index in [9.17, 15) is 0 Å². The number of benzene rings is 1. The van der Waals surface area contributed by atoms with Crippen LogP contribution in [0.5, 0.6) is 0 Å². The summed E-state index contributed by atoms with van der Waals surface area (Å²) in [6.45, 7) is 0.797. The number of hydrogen-bond donors (Lipinski definition) is 1. The van der Waals surface area contributed by atoms with E-state index in [-0.39, 0.29) is 0 Å². The molecule has 3 heteroatoms. The Morgan fingerprint density at radius 1 is 1.22 bits per heavy atom. The van der Waals surface area contributed by atoms with Crippen molar-refractivity contribution in [1.82, 2.24) is 0 Å². The molecular formula is C15H14N2S. The molecule has 18 heavy (non-hydrogen) atoms. The molecule has 0 unspecified atom stereocenters. The van der Waals surface area contributed by atoms with Crippen LogP contribution in [0, 0.1) is 11.3 Å². The van der Waals surface area contributed by atoms with Crippen LogP contribution in [0.1, 0.15) is 28.0 Å². The van der Waals surface area contributed by atoms with Gasteiger partial charge in [0.2, 0.25) is 0 Å². The van der Waals surface area contributed by atoms with Gasteiger partial charge in [0, 0.05) is 22.5 Å². The molecule has 1 aromatic heterocycles. The fraction of sp³-hybridized carbons (Fsp3) is 0.267. The van der Waals surface area contributed by atoms with Crippen molar-refractivity contribution in [3.05, 3.63) is 51.2 Å². The van der Waals surface area contributed by atoms with E-state index < -0.39 is 0 Å². The number of hydrogen-bond acceptors (Lipinski definition) is 3. The molecule has 0 amide bonds. The van der Waals surface area contributed by atoms with Crippen LogP contribution in [0.15, 0.2) is 29.6 Å². The minimum absolute atomic E-state index is 0.755. The summed E-state index contributed by atoms with van der Waals surface area (Å²) in [5.41, 5.74) is 4.93. The largest absolute Gasteiger partial charge is 0.380 e. The van der Waals surface area contributed by atoms with Crippen LogP contribution in [0.3, 0.4) is 0 Å². The summed E-state index contributed by atoms with van der Waals surface area (Å²) in [5.74, 6) is 0. The number of nitrogens with one attached hydrogen (secondary N) is 1. The highest BCUT2D eigenvalue weighted by Crippen LogP contribution is 2.25. The van der Waals surface area contributed by atoms with Gasteiger partial charge in [0.1, 0.15) is 6.07 Å². The molecular weight excluding hydrogens is 240 g/mol. The third kappa shape index (κ3) is 2.25. The quantitative estimate of drug-likeness (QED) is 0.906. The molecule has 1 aliphatic carbocycles. The van der Waals surface area contributed by atoms with E-state index in [1.165, 1.54) is 41.0 Å². The molecule has 0 bridgehead atoms. The first-order valence-electron chi connectivity index (χ1n) is 6.18. The number of rotatable bonds is 3. The SMILES string of the molecule is N#Cc1csc(CNc2ccc3c(c2)CCC3)c1. The third-order valence-electron chi connectivity index (χ3n) is 3.35. The maximum absolute atomic E-state index is 8.78. The molecule has 0 spiro atoms. The molecule has 0 fully saturated rings. The molecule has 3 rings (SSSR count). The van der Waals surface area contributed by atoms with Gasteiger partial charge < -0.3 is 5.32 Å². The second-order valence-electron chi connectivity index (χ2n) is 4.60. The van der Waals surface area contributed by atoms with Crippen LogP contribution < -0.4 is 5.32 Å². The third-order valence-corrected chi connectivity index (χ3v) is 4.28. The minimum Gasteiger partial charge on any atom is -0.380 e. The van der Waals surface area contributed by atoms with Crippen molar-refractivity contribution in [3.8, 4) is 6.07 Å². The number of fused-ring (bicyclic) bond motifs is 1. The van der Waals surface area contributed by atoms with Gasteiger partial charge in [-0.05, 0) is 48.6 Å². The summed E-state index contributed by atoms with van der Waals surface area (Å²) in [7, 11) is 0. The highest BCUT2D eigenvalue weighted by atomic mass is 32.1. The average Bonchev–Trinajstić information content (AvgIpc) is 3.04. The van der Waals surface area contributed by atoms with Crippen LogP contribution in [0.4, 0.5) is 5.69 Å². The van der Waals surface area contributed by atoms with Crippen LogP contribution in [-0.4, -0.2) is 0 Å². The van der Waals surface area contributed by atoms with E-state index in [2.05, 4.69) is 29.6 Å². The first-order chi connectivity index (χ1) is 8.85. The zero-order valence-corrected chi connectivity index (χ0v) is 10.9. The fourth-order valence-electron chi connectivity index (χ4n) is 2.40. The number of anilines is 1. The highest BCUT2D eigenvalue weighted by molar-refractivity contribution is 7.10. The summed E-state index contributed by atoms with van der Waals surface area (Å²) in [6.07, 6.45) is 3.73. The molecule has 0 radical (unpaired) electrons. The first kappa shape index (κ1) is 11.3. The van der Waals surface area contributed by atoms with Crippen LogP contribution in [0.2, 0.25) is 0 Å². The van der Waals surface area contributed by atoms with E-state index in [1.54, 1.807) is 11.3 Å². The van der Waals surface area contributed by atoms with E-state index in [1.807, 2.05) is 11.4 Å². The second-order valence-corrected chi connectivity index (χ2v) is 5.60. The van der Waals surface area contributed by atoms with Crippen LogP contribution in [0.25, 0.3) is 0 Å². The zero-order valence-electron chi connectivity index (χ0n) is 10.1. The summed E-state index contributed by atoms with van der Waals surface area (Å²) in [5, 5.41) is 14.1. The lowest BCUT2D eigenvalue weighted by atomic mass is 10.1. The Balaban J connectivity index is 1.68. The molecule has 1 aromatic carbocycles. The minimum atomic E-state index is 0.755. The molecule has 1 aliphatic rings. The zero-order chi connectivity index (χ0) is 12.4. The topological polar surface area (TPSA) is 35.8 Å². The Kier molecular flexibility index (Phi) is 3.04. The predicted molar refractivity (Wildman–Crippen MR) is 74.8 cm³/mol. The predicted octanol–water partition coefficient (Wildman–Crippen LogP) is 3.72. The van der Waals surface area contributed by atoms with Gasteiger partial charge in [-0.3, -0.25) is 0 Å². The van der Waals surface area contributed by atoms with Crippen molar-refractivity contribution in [1.29, 1.82) is 5.26 Å². The second kappa shape index (κ2) is 4.83. The lowest BCUT2D eigenvalue weighted by Gasteiger charge is -2.07. The van der Waals surface area contributed by atoms with Gasteiger partial charge in [0.05, 0.1) is 5.56 Å². The fourth-order valence-corrected chi connectivity index (χ4v) is 3.15. The number of nitrogens with zero attached hydrogens (tertiary/aromatic N) is 1. The van der Waals surface area contributed by atoms with E-state index in [4.69, 9.17) is 5.26 Å². The molecule has 0 saturated carbocycles. The summed E-state index contributed by atoms with van der Waals surface area (Å²) in [6, 6.07) is 10.8. The Bertz CT molecular complexity index is 607. The van der Waals surface area contributed by atoms with Crippen molar-refractivity contribution >= 4 is 17.0 Å². The molecule has 2 aromatic rings. The Morgan fingerprint density at radius 3 is 2.94 bits per heavy atom. The highest BCUT2D eigenvalue weighted by Gasteiger charge is 2.10. The van der Waals surface area contributed by atoms with Gasteiger partial charge in [-0.25, -0.2) is 0 Å². The monoisotopic (exact) mass is 254 g/mol. The van der Waals surface area contributed by atoms with Crippen molar-refractivity contribution in [2.75, 3.05) is 5.32 Å².